The standard InChI is InChI=1S/C12H20N2O3/c1-10(15)14-8-5-11(6-9-14)13-7-3-4-12(16)17-2/h3-4,11,13H,5-9H2,1-2H3/b4-3+. The van der Waals surface area contributed by atoms with Crippen molar-refractivity contribution in [3.8, 4) is 0 Å². The number of nitrogens with one attached hydrogen (secondary N) is 1. The first-order valence-electron chi connectivity index (χ1n) is 5.87. The van der Waals surface area contributed by atoms with Crippen molar-refractivity contribution in [1.82, 2.24) is 10.2 Å². The van der Waals surface area contributed by atoms with Crippen molar-refractivity contribution in [2.24, 2.45) is 0 Å². The van der Waals surface area contributed by atoms with E-state index in [1.165, 1.54) is 13.2 Å². The minimum Gasteiger partial charge on any atom is -0.466 e. The number of hydrogen-bond donors (Lipinski definition) is 1. The maximum absolute atomic E-state index is 11.1. The second-order valence-corrected chi connectivity index (χ2v) is 4.11. The minimum atomic E-state index is -0.335. The molecule has 0 aromatic rings. The quantitative estimate of drug-likeness (QED) is 0.568. The highest BCUT2D eigenvalue weighted by Crippen LogP contribution is 2.09. The van der Waals surface area contributed by atoms with E-state index < -0.39 is 0 Å². The maximum atomic E-state index is 11.1. The zero-order valence-corrected chi connectivity index (χ0v) is 10.4. The average Bonchev–Trinajstić information content (AvgIpc) is 2.34. The van der Waals surface area contributed by atoms with Crippen molar-refractivity contribution >= 4 is 11.9 Å². The van der Waals surface area contributed by atoms with E-state index in [2.05, 4.69) is 10.1 Å². The van der Waals surface area contributed by atoms with Gasteiger partial charge >= 0.3 is 5.97 Å². The number of ether oxygens (including phenoxy) is 1. The van der Waals surface area contributed by atoms with Crippen molar-refractivity contribution in [3.05, 3.63) is 12.2 Å². The molecule has 1 aliphatic heterocycles. The molecule has 1 rings (SSSR count). The number of likely N-dealkylation sites (tertiary alicyclic amines) is 1. The summed E-state index contributed by atoms with van der Waals surface area (Å²) in [4.78, 5) is 23.8. The lowest BCUT2D eigenvalue weighted by Gasteiger charge is -2.31. The van der Waals surface area contributed by atoms with Crippen molar-refractivity contribution in [2.45, 2.75) is 25.8 Å². The van der Waals surface area contributed by atoms with Gasteiger partial charge in [0.25, 0.3) is 0 Å². The maximum Gasteiger partial charge on any atom is 0.330 e. The number of esters is 1. The Kier molecular flexibility index (Phi) is 5.69. The summed E-state index contributed by atoms with van der Waals surface area (Å²) in [5.41, 5.74) is 0. The van der Waals surface area contributed by atoms with Crippen LogP contribution in [-0.4, -0.2) is 49.6 Å². The first-order chi connectivity index (χ1) is 8.13. The third-order valence-electron chi connectivity index (χ3n) is 2.92. The van der Waals surface area contributed by atoms with Crippen molar-refractivity contribution in [2.75, 3.05) is 26.7 Å². The number of rotatable bonds is 4. The van der Waals surface area contributed by atoms with Crippen LogP contribution < -0.4 is 5.32 Å². The molecule has 17 heavy (non-hydrogen) atoms. The molecule has 96 valence electrons. The summed E-state index contributed by atoms with van der Waals surface area (Å²) in [6.45, 7) is 3.88. The molecule has 1 aliphatic rings. The molecule has 0 radical (unpaired) electrons. The van der Waals surface area contributed by atoms with Gasteiger partial charge in [0, 0.05) is 38.7 Å². The van der Waals surface area contributed by atoms with Gasteiger partial charge in [-0.3, -0.25) is 4.79 Å². The highest BCUT2D eigenvalue weighted by atomic mass is 16.5. The summed E-state index contributed by atoms with van der Waals surface area (Å²) >= 11 is 0. The number of piperidine rings is 1. The molecule has 0 unspecified atom stereocenters. The fraction of sp³-hybridized carbons (Fsp3) is 0.667. The van der Waals surface area contributed by atoms with Crippen molar-refractivity contribution in [1.29, 1.82) is 0 Å². The van der Waals surface area contributed by atoms with Crippen LogP contribution in [0, 0.1) is 0 Å². The Morgan fingerprint density at radius 1 is 1.41 bits per heavy atom. The average molecular weight is 240 g/mol. The van der Waals surface area contributed by atoms with Crippen molar-refractivity contribution < 1.29 is 14.3 Å². The van der Waals surface area contributed by atoms with Crippen molar-refractivity contribution in [3.63, 3.8) is 0 Å². The van der Waals surface area contributed by atoms with Crippen LogP contribution in [0.4, 0.5) is 0 Å². The fourth-order valence-electron chi connectivity index (χ4n) is 1.86. The summed E-state index contributed by atoms with van der Waals surface area (Å²) < 4.78 is 4.49. The SMILES string of the molecule is COC(=O)/C=C/CNC1CCN(C(C)=O)CC1. The van der Waals surface area contributed by atoms with Gasteiger partial charge in [-0.05, 0) is 12.8 Å². The molecule has 0 aromatic heterocycles. The molecule has 0 aromatic carbocycles. The number of carbonyl (C=O) groups excluding carboxylic acids is 2. The summed E-state index contributed by atoms with van der Waals surface area (Å²) in [6.07, 6.45) is 5.10. The summed E-state index contributed by atoms with van der Waals surface area (Å²) in [6, 6.07) is 0.424. The van der Waals surface area contributed by atoms with Gasteiger partial charge in [0.1, 0.15) is 0 Å². The zero-order chi connectivity index (χ0) is 12.7. The van der Waals surface area contributed by atoms with Crippen LogP contribution in [0.15, 0.2) is 12.2 Å². The van der Waals surface area contributed by atoms with Gasteiger partial charge in [0.2, 0.25) is 5.91 Å². The van der Waals surface area contributed by atoms with Crippen LogP contribution >= 0.6 is 0 Å². The van der Waals surface area contributed by atoms with Gasteiger partial charge in [0.15, 0.2) is 0 Å². The molecule has 0 saturated carbocycles. The number of nitrogens with zero attached hydrogens (tertiary/aromatic N) is 1. The van der Waals surface area contributed by atoms with E-state index in [0.29, 0.717) is 12.6 Å². The molecule has 1 saturated heterocycles. The lowest BCUT2D eigenvalue weighted by molar-refractivity contribution is -0.135. The molecule has 0 atom stereocenters. The van der Waals surface area contributed by atoms with Crippen LogP contribution in [0.25, 0.3) is 0 Å². The predicted molar refractivity (Wildman–Crippen MR) is 64.4 cm³/mol. The minimum absolute atomic E-state index is 0.147. The Morgan fingerprint density at radius 3 is 2.59 bits per heavy atom. The van der Waals surface area contributed by atoms with Gasteiger partial charge in [-0.1, -0.05) is 6.08 Å². The summed E-state index contributed by atoms with van der Waals surface area (Å²) in [7, 11) is 1.36. The molecule has 1 fully saturated rings. The Bertz CT molecular complexity index is 294. The van der Waals surface area contributed by atoms with Crippen LogP contribution in [0.2, 0.25) is 0 Å². The predicted octanol–water partition coefficient (Wildman–Crippen LogP) is 0.316. The summed E-state index contributed by atoms with van der Waals surface area (Å²) in [5.74, 6) is -0.188. The van der Waals surface area contributed by atoms with E-state index in [4.69, 9.17) is 0 Å². The van der Waals surface area contributed by atoms with Crippen LogP contribution in [0.3, 0.4) is 0 Å². The first-order valence-corrected chi connectivity index (χ1v) is 5.87. The lowest BCUT2D eigenvalue weighted by atomic mass is 10.1. The van der Waals surface area contributed by atoms with E-state index >= 15 is 0 Å². The Labute approximate surface area is 102 Å². The van der Waals surface area contributed by atoms with Gasteiger partial charge in [-0.15, -0.1) is 0 Å². The second kappa shape index (κ2) is 7.06. The number of amides is 1. The van der Waals surface area contributed by atoms with Gasteiger partial charge in [-0.2, -0.15) is 0 Å². The van der Waals surface area contributed by atoms with E-state index in [1.54, 1.807) is 13.0 Å². The number of hydrogen-bond acceptors (Lipinski definition) is 4. The smallest absolute Gasteiger partial charge is 0.330 e. The topological polar surface area (TPSA) is 58.6 Å². The monoisotopic (exact) mass is 240 g/mol. The molecule has 0 aliphatic carbocycles. The van der Waals surface area contributed by atoms with Crippen LogP contribution in [-0.2, 0) is 14.3 Å². The highest BCUT2D eigenvalue weighted by Gasteiger charge is 2.19. The van der Waals surface area contributed by atoms with E-state index in [0.717, 1.165) is 25.9 Å². The van der Waals surface area contributed by atoms with E-state index in [-0.39, 0.29) is 11.9 Å². The summed E-state index contributed by atoms with van der Waals surface area (Å²) in [5, 5.41) is 3.33. The first kappa shape index (κ1) is 13.7. The Balaban J connectivity index is 2.16. The van der Waals surface area contributed by atoms with Gasteiger partial charge < -0.3 is 15.0 Å². The molecule has 0 spiro atoms. The highest BCUT2D eigenvalue weighted by molar-refractivity contribution is 5.81. The van der Waals surface area contributed by atoms with Gasteiger partial charge in [0.05, 0.1) is 7.11 Å². The molecule has 5 nitrogen and oxygen atoms in total. The number of carbonyl (C=O) groups is 2. The lowest BCUT2D eigenvalue weighted by Crippen LogP contribution is -2.44. The largest absolute Gasteiger partial charge is 0.466 e. The van der Waals surface area contributed by atoms with Gasteiger partial charge in [-0.25, -0.2) is 4.79 Å². The normalized spacial score (nSPS) is 17.4. The van der Waals surface area contributed by atoms with Crippen LogP contribution in [0.5, 0.6) is 0 Å². The fourth-order valence-corrected chi connectivity index (χ4v) is 1.86. The molecule has 0 bridgehead atoms. The molecular weight excluding hydrogens is 220 g/mol. The molecular formula is C12H20N2O3. The second-order valence-electron chi connectivity index (χ2n) is 4.11. The molecule has 1 amide bonds. The van der Waals surface area contributed by atoms with Crippen LogP contribution in [0.1, 0.15) is 19.8 Å². The van der Waals surface area contributed by atoms with E-state index in [1.807, 2.05) is 4.90 Å². The third-order valence-corrected chi connectivity index (χ3v) is 2.92. The molecule has 1 N–H and O–H groups in total. The molecule has 1 heterocycles. The van der Waals surface area contributed by atoms with E-state index in [9.17, 15) is 9.59 Å². The molecule has 5 heteroatoms. The zero-order valence-electron chi connectivity index (χ0n) is 10.4. The Hall–Kier alpha value is -1.36. The number of methoxy groups -OCH3 is 1. The third kappa shape index (κ3) is 4.99. The Morgan fingerprint density at radius 2 is 2.06 bits per heavy atom.